The molecule has 0 aliphatic carbocycles. The molecule has 110 valence electrons. The van der Waals surface area contributed by atoms with Crippen LogP contribution in [0.2, 0.25) is 0 Å². The maximum atomic E-state index is 10.0. The van der Waals surface area contributed by atoms with Gasteiger partial charge in [0, 0.05) is 4.92 Å². The summed E-state index contributed by atoms with van der Waals surface area (Å²) in [5.74, 6) is 0.810. The molecule has 0 spiro atoms. The molecule has 2 aliphatic rings. The number of nitrogens with two attached hydrogens (primary N) is 1. The molecule has 6 heteroatoms. The minimum Gasteiger partial charge on any atom is -0.487 e. The Kier molecular flexibility index (Phi) is 4.73. The lowest BCUT2D eigenvalue weighted by Gasteiger charge is -2.15. The topological polar surface area (TPSA) is 98.6 Å². The van der Waals surface area contributed by atoms with E-state index < -0.39 is 17.6 Å². The Hall–Kier alpha value is -2.60. The molecule has 4 rings (SSSR count). The van der Waals surface area contributed by atoms with Gasteiger partial charge in [-0.25, -0.2) is 0 Å². The Morgan fingerprint density at radius 2 is 2.00 bits per heavy atom. The number of nitro groups is 1. The van der Waals surface area contributed by atoms with E-state index in [1.807, 2.05) is 18.2 Å². The Labute approximate surface area is 121 Å². The van der Waals surface area contributed by atoms with Gasteiger partial charge in [0.05, 0.1) is 5.69 Å². The zero-order valence-corrected chi connectivity index (χ0v) is 11.3. The van der Waals surface area contributed by atoms with E-state index >= 15 is 0 Å². The number of aliphatic hydroxyl groups is 1. The lowest BCUT2D eigenvalue weighted by Crippen LogP contribution is -2.11. The van der Waals surface area contributed by atoms with Gasteiger partial charge in [0.2, 0.25) is 6.54 Å². The zero-order chi connectivity index (χ0) is 15.2. The van der Waals surface area contributed by atoms with Crippen molar-refractivity contribution >= 4 is 5.69 Å². The lowest BCUT2D eigenvalue weighted by molar-refractivity contribution is -0.491. The molecule has 0 saturated carbocycles. The highest BCUT2D eigenvalue weighted by Gasteiger charge is 2.12. The molecule has 21 heavy (non-hydrogen) atoms. The summed E-state index contributed by atoms with van der Waals surface area (Å²) < 4.78 is 5.19. The van der Waals surface area contributed by atoms with Crippen LogP contribution in [0, 0.1) is 10.1 Å². The molecule has 0 aromatic heterocycles. The second-order valence-corrected chi connectivity index (χ2v) is 4.60. The van der Waals surface area contributed by atoms with Crippen molar-refractivity contribution in [1.29, 1.82) is 0 Å². The van der Waals surface area contributed by atoms with E-state index in [1.165, 1.54) is 0 Å². The molecule has 0 amide bonds. The van der Waals surface area contributed by atoms with Crippen molar-refractivity contribution in [3.05, 3.63) is 69.8 Å². The zero-order valence-electron chi connectivity index (χ0n) is 11.3. The van der Waals surface area contributed by atoms with Gasteiger partial charge < -0.3 is 15.6 Å². The summed E-state index contributed by atoms with van der Waals surface area (Å²) in [5.41, 5.74) is 8.03. The first-order valence-corrected chi connectivity index (χ1v) is 6.42. The normalized spacial score (nSPS) is 12.8. The summed E-state index contributed by atoms with van der Waals surface area (Å²) in [6.07, 6.45) is -0.999. The second kappa shape index (κ2) is 6.71. The number of nitrogen functional groups attached to an aromatic ring is 1. The number of ether oxygens (including phenoxy) is 1. The van der Waals surface area contributed by atoms with Gasteiger partial charge in [0.25, 0.3) is 0 Å². The molecule has 1 unspecified atom stereocenters. The van der Waals surface area contributed by atoms with Crippen LogP contribution in [0.1, 0.15) is 17.2 Å². The predicted octanol–water partition coefficient (Wildman–Crippen LogP) is 2.16. The van der Waals surface area contributed by atoms with Crippen LogP contribution in [-0.2, 0) is 6.61 Å². The third kappa shape index (κ3) is 4.19. The number of rotatable bonds is 3. The van der Waals surface area contributed by atoms with Crippen molar-refractivity contribution in [3.63, 3.8) is 0 Å². The van der Waals surface area contributed by atoms with Crippen molar-refractivity contribution in [2.45, 2.75) is 12.7 Å². The molecule has 2 aliphatic heterocycles. The van der Waals surface area contributed by atoms with E-state index in [1.54, 1.807) is 30.3 Å². The largest absolute Gasteiger partial charge is 0.487 e. The van der Waals surface area contributed by atoms with E-state index in [4.69, 9.17) is 10.5 Å². The summed E-state index contributed by atoms with van der Waals surface area (Å²) in [6, 6.07) is 14.4. The molecule has 2 aromatic rings. The molecule has 2 heterocycles. The van der Waals surface area contributed by atoms with Crippen LogP contribution in [0.15, 0.2) is 48.5 Å². The highest BCUT2D eigenvalue weighted by molar-refractivity contribution is 5.56. The van der Waals surface area contributed by atoms with Gasteiger partial charge in [-0.2, -0.15) is 0 Å². The van der Waals surface area contributed by atoms with Gasteiger partial charge in [0.15, 0.2) is 0 Å². The number of hydrogen-bond donors (Lipinski definition) is 2. The first-order valence-electron chi connectivity index (χ1n) is 6.42. The van der Waals surface area contributed by atoms with Crippen molar-refractivity contribution in [1.82, 2.24) is 0 Å². The standard InChI is InChI=1S/C8H9NO3.C7H7NO/c10-8(6-9(11)12)7-4-2-1-3-5-7;8-6-3-5-1-2-7(6)9-4-5/h1-5,8,10H,6H2;1-3H,4,8H2. The summed E-state index contributed by atoms with van der Waals surface area (Å²) in [4.78, 5) is 9.50. The fourth-order valence-electron chi connectivity index (χ4n) is 1.90. The molecular formula is C15H16N2O4. The van der Waals surface area contributed by atoms with Gasteiger partial charge >= 0.3 is 0 Å². The Morgan fingerprint density at radius 3 is 2.38 bits per heavy atom. The highest BCUT2D eigenvalue weighted by atomic mass is 16.6. The number of hydrogen-bond acceptors (Lipinski definition) is 5. The molecule has 3 N–H and O–H groups in total. The van der Waals surface area contributed by atoms with Crippen molar-refractivity contribution < 1.29 is 14.8 Å². The second-order valence-electron chi connectivity index (χ2n) is 4.60. The van der Waals surface area contributed by atoms with Gasteiger partial charge in [-0.05, 0) is 23.3 Å². The molecule has 6 nitrogen and oxygen atoms in total. The number of fused-ring (bicyclic) bond motifs is 3. The fraction of sp³-hybridized carbons (Fsp3) is 0.200. The van der Waals surface area contributed by atoms with Crippen LogP contribution in [-0.4, -0.2) is 16.6 Å². The predicted molar refractivity (Wildman–Crippen MR) is 78.4 cm³/mol. The molecule has 0 fully saturated rings. The van der Waals surface area contributed by atoms with Gasteiger partial charge in [-0.1, -0.05) is 36.4 Å². The molecule has 2 bridgehead atoms. The average Bonchev–Trinajstić information content (AvgIpc) is 2.49. The SMILES string of the molecule is Nc1cc2ccc1OC2.O=[N+]([O-])CC(O)c1ccccc1. The van der Waals surface area contributed by atoms with E-state index in [0.717, 1.165) is 17.0 Å². The maximum Gasteiger partial charge on any atom is 0.233 e. The first-order chi connectivity index (χ1) is 10.1. The smallest absolute Gasteiger partial charge is 0.233 e. The minimum absolute atomic E-state index is 0.440. The summed E-state index contributed by atoms with van der Waals surface area (Å²) >= 11 is 0. The third-order valence-corrected chi connectivity index (χ3v) is 2.97. The van der Waals surface area contributed by atoms with Gasteiger partial charge in [-0.3, -0.25) is 10.1 Å². The van der Waals surface area contributed by atoms with E-state index in [9.17, 15) is 15.2 Å². The highest BCUT2D eigenvalue weighted by Crippen LogP contribution is 2.28. The third-order valence-electron chi connectivity index (χ3n) is 2.97. The molecule has 0 saturated heterocycles. The number of anilines is 1. The first kappa shape index (κ1) is 14.8. The fourth-order valence-corrected chi connectivity index (χ4v) is 1.90. The van der Waals surface area contributed by atoms with Gasteiger partial charge in [-0.15, -0.1) is 0 Å². The maximum absolute atomic E-state index is 10.0. The monoisotopic (exact) mass is 288 g/mol. The minimum atomic E-state index is -0.999. The van der Waals surface area contributed by atoms with Crippen LogP contribution in [0.4, 0.5) is 5.69 Å². The quantitative estimate of drug-likeness (QED) is 0.512. The lowest BCUT2D eigenvalue weighted by atomic mass is 10.1. The number of aliphatic hydroxyl groups excluding tert-OH is 1. The van der Waals surface area contributed by atoms with Crippen molar-refractivity contribution in [2.24, 2.45) is 0 Å². The van der Waals surface area contributed by atoms with Crippen LogP contribution in [0.25, 0.3) is 0 Å². The molecule has 1 atom stereocenters. The van der Waals surface area contributed by atoms with E-state index in [2.05, 4.69) is 0 Å². The Balaban J connectivity index is 0.000000159. The van der Waals surface area contributed by atoms with Crippen LogP contribution < -0.4 is 10.5 Å². The molecule has 0 radical (unpaired) electrons. The van der Waals surface area contributed by atoms with Crippen LogP contribution in [0.3, 0.4) is 0 Å². The van der Waals surface area contributed by atoms with E-state index in [0.29, 0.717) is 12.2 Å². The molecule has 2 aromatic carbocycles. The van der Waals surface area contributed by atoms with Crippen LogP contribution >= 0.6 is 0 Å². The number of nitrogens with zero attached hydrogens (tertiary/aromatic N) is 1. The summed E-state index contributed by atoms with van der Waals surface area (Å²) in [5, 5.41) is 19.3. The number of benzene rings is 2. The summed E-state index contributed by atoms with van der Waals surface area (Å²) in [7, 11) is 0. The Bertz CT molecular complexity index is 616. The average molecular weight is 288 g/mol. The Morgan fingerprint density at radius 1 is 1.29 bits per heavy atom. The summed E-state index contributed by atoms with van der Waals surface area (Å²) in [6.45, 7) is 0.247. The molecular weight excluding hydrogens is 272 g/mol. The van der Waals surface area contributed by atoms with E-state index in [-0.39, 0.29) is 0 Å². The van der Waals surface area contributed by atoms with Crippen molar-refractivity contribution in [2.75, 3.05) is 12.3 Å². The van der Waals surface area contributed by atoms with Gasteiger partial charge in [0.1, 0.15) is 18.5 Å². The van der Waals surface area contributed by atoms with Crippen LogP contribution in [0.5, 0.6) is 5.75 Å². The van der Waals surface area contributed by atoms with Crippen molar-refractivity contribution in [3.8, 4) is 5.75 Å².